The van der Waals surface area contributed by atoms with Crippen LogP contribution in [0.15, 0.2) is 16.9 Å². The molecule has 0 aromatic carbocycles. The Morgan fingerprint density at radius 2 is 2.18 bits per heavy atom. The molecule has 0 saturated carbocycles. The van der Waals surface area contributed by atoms with E-state index in [0.717, 1.165) is 25.7 Å². The molecule has 1 aliphatic carbocycles. The lowest BCUT2D eigenvalue weighted by atomic mass is 10.1. The molecule has 0 N–H and O–H groups in total. The molecule has 1 aromatic heterocycles. The van der Waals surface area contributed by atoms with Crippen molar-refractivity contribution in [3.8, 4) is 0 Å². The number of carbonyl (C=O) groups is 1. The summed E-state index contributed by atoms with van der Waals surface area (Å²) in [6.45, 7) is 2.57. The Morgan fingerprint density at radius 1 is 1.35 bits per heavy atom. The van der Waals surface area contributed by atoms with Gasteiger partial charge in [-0.2, -0.15) is 0 Å². The Kier molecular flexibility index (Phi) is 3.77. The molecule has 0 fully saturated rings. The number of hydrogen-bond donors (Lipinski definition) is 0. The summed E-state index contributed by atoms with van der Waals surface area (Å²) in [6.07, 6.45) is 5.21. The third-order valence-corrected chi connectivity index (χ3v) is 3.48. The Bertz CT molecular complexity index is 474. The number of Topliss-reactive ketones (excluding diaryl/α,β-unsaturated/α-hetero) is 1. The summed E-state index contributed by atoms with van der Waals surface area (Å²) in [7, 11) is 0. The second-order valence-electron chi connectivity index (χ2n) is 4.64. The number of rotatable bonds is 5. The van der Waals surface area contributed by atoms with Gasteiger partial charge in [-0.3, -0.25) is 9.59 Å². The van der Waals surface area contributed by atoms with Gasteiger partial charge in [0.1, 0.15) is 5.78 Å². The molecule has 17 heavy (non-hydrogen) atoms. The molecule has 0 spiro atoms. The van der Waals surface area contributed by atoms with Crippen molar-refractivity contribution in [3.63, 3.8) is 0 Å². The van der Waals surface area contributed by atoms with E-state index in [4.69, 9.17) is 0 Å². The molecule has 3 nitrogen and oxygen atoms in total. The molecule has 0 aliphatic heterocycles. The van der Waals surface area contributed by atoms with Gasteiger partial charge in [0, 0.05) is 31.1 Å². The van der Waals surface area contributed by atoms with Crippen LogP contribution in [0.1, 0.15) is 43.9 Å². The van der Waals surface area contributed by atoms with E-state index >= 15 is 0 Å². The van der Waals surface area contributed by atoms with Crippen molar-refractivity contribution >= 4 is 5.78 Å². The van der Waals surface area contributed by atoms with Crippen LogP contribution in [0.5, 0.6) is 0 Å². The maximum Gasteiger partial charge on any atom is 0.250 e. The van der Waals surface area contributed by atoms with Gasteiger partial charge in [-0.1, -0.05) is 13.0 Å². The molecule has 0 atom stereocenters. The number of aromatic nitrogens is 1. The van der Waals surface area contributed by atoms with Gasteiger partial charge in [0.05, 0.1) is 0 Å². The molecule has 92 valence electrons. The van der Waals surface area contributed by atoms with E-state index in [0.29, 0.717) is 19.4 Å². The van der Waals surface area contributed by atoms with Gasteiger partial charge >= 0.3 is 0 Å². The van der Waals surface area contributed by atoms with Crippen LogP contribution in [0.4, 0.5) is 0 Å². The number of carbonyl (C=O) groups excluding carboxylic acids is 1. The highest BCUT2D eigenvalue weighted by molar-refractivity contribution is 5.77. The molecule has 0 amide bonds. The number of pyridine rings is 1. The predicted molar refractivity (Wildman–Crippen MR) is 67.3 cm³/mol. The summed E-state index contributed by atoms with van der Waals surface area (Å²) in [6, 6.07) is 3.62. The molecule has 0 saturated heterocycles. The van der Waals surface area contributed by atoms with Crippen molar-refractivity contribution in [1.82, 2.24) is 4.57 Å². The van der Waals surface area contributed by atoms with Crippen LogP contribution in [0.2, 0.25) is 0 Å². The highest BCUT2D eigenvalue weighted by Gasteiger charge is 2.15. The third-order valence-electron chi connectivity index (χ3n) is 3.48. The summed E-state index contributed by atoms with van der Waals surface area (Å²) in [5.74, 6) is 0.283. The van der Waals surface area contributed by atoms with Gasteiger partial charge < -0.3 is 4.57 Å². The highest BCUT2D eigenvalue weighted by atomic mass is 16.1. The van der Waals surface area contributed by atoms with Crippen molar-refractivity contribution in [2.75, 3.05) is 0 Å². The van der Waals surface area contributed by atoms with Crippen LogP contribution in [-0.2, 0) is 24.2 Å². The predicted octanol–water partition coefficient (Wildman–Crippen LogP) is 2.10. The van der Waals surface area contributed by atoms with Crippen LogP contribution in [0, 0.1) is 0 Å². The topological polar surface area (TPSA) is 39.1 Å². The fourth-order valence-electron chi connectivity index (χ4n) is 2.49. The molecular formula is C14H19NO2. The fourth-order valence-corrected chi connectivity index (χ4v) is 2.49. The second kappa shape index (κ2) is 5.30. The largest absolute Gasteiger partial charge is 0.312 e. The van der Waals surface area contributed by atoms with Gasteiger partial charge in [0.25, 0.3) is 5.56 Å². The zero-order valence-corrected chi connectivity index (χ0v) is 10.4. The van der Waals surface area contributed by atoms with Crippen molar-refractivity contribution in [2.24, 2.45) is 0 Å². The van der Waals surface area contributed by atoms with Crippen molar-refractivity contribution < 1.29 is 4.79 Å². The van der Waals surface area contributed by atoms with Crippen LogP contribution in [-0.4, -0.2) is 10.4 Å². The molecule has 2 rings (SSSR count). The first-order valence-corrected chi connectivity index (χ1v) is 6.45. The summed E-state index contributed by atoms with van der Waals surface area (Å²) in [5.41, 5.74) is 2.59. The van der Waals surface area contributed by atoms with Gasteiger partial charge in [-0.25, -0.2) is 0 Å². The Labute approximate surface area is 101 Å². The average molecular weight is 233 g/mol. The quantitative estimate of drug-likeness (QED) is 0.781. The van der Waals surface area contributed by atoms with E-state index in [1.165, 1.54) is 11.3 Å². The summed E-state index contributed by atoms with van der Waals surface area (Å²) >= 11 is 0. The number of nitrogens with zero attached hydrogens (tertiary/aromatic N) is 1. The molecule has 1 aliphatic rings. The van der Waals surface area contributed by atoms with E-state index < -0.39 is 0 Å². The molecule has 0 unspecified atom stereocenters. The first-order valence-electron chi connectivity index (χ1n) is 6.45. The maximum absolute atomic E-state index is 11.8. The van der Waals surface area contributed by atoms with Gasteiger partial charge in [0.2, 0.25) is 0 Å². The second-order valence-corrected chi connectivity index (χ2v) is 4.64. The zero-order chi connectivity index (χ0) is 12.3. The summed E-state index contributed by atoms with van der Waals surface area (Å²) in [4.78, 5) is 23.0. The maximum atomic E-state index is 11.8. The first-order chi connectivity index (χ1) is 8.22. The molecule has 1 aromatic rings. The monoisotopic (exact) mass is 233 g/mol. The lowest BCUT2D eigenvalue weighted by Gasteiger charge is -2.11. The molecule has 0 bridgehead atoms. The zero-order valence-electron chi connectivity index (χ0n) is 10.4. The minimum Gasteiger partial charge on any atom is -0.312 e. The number of fused-ring (bicyclic) bond motifs is 1. The fraction of sp³-hybridized carbons (Fsp3) is 0.571. The van der Waals surface area contributed by atoms with Gasteiger partial charge in [0.15, 0.2) is 0 Å². The summed E-state index contributed by atoms with van der Waals surface area (Å²) in [5, 5.41) is 0. The Hall–Kier alpha value is -1.38. The van der Waals surface area contributed by atoms with Crippen molar-refractivity contribution in [1.29, 1.82) is 0 Å². The van der Waals surface area contributed by atoms with E-state index in [2.05, 4.69) is 0 Å². The smallest absolute Gasteiger partial charge is 0.250 e. The van der Waals surface area contributed by atoms with Crippen LogP contribution < -0.4 is 5.56 Å². The number of hydrogen-bond acceptors (Lipinski definition) is 2. The Balaban J connectivity index is 2.08. The van der Waals surface area contributed by atoms with E-state index in [9.17, 15) is 9.59 Å². The first kappa shape index (κ1) is 12.1. The standard InChI is InChI=1S/C14H19NO2/c1-2-12(16)6-4-10-15-13-7-3-5-11(13)8-9-14(15)17/h8-9H,2-7,10H2,1H3. The van der Waals surface area contributed by atoms with Gasteiger partial charge in [-0.15, -0.1) is 0 Å². The Morgan fingerprint density at radius 3 is 2.94 bits per heavy atom. The molecular weight excluding hydrogens is 214 g/mol. The third kappa shape index (κ3) is 2.65. The average Bonchev–Trinajstić information content (AvgIpc) is 2.80. The normalized spacial score (nSPS) is 13.7. The van der Waals surface area contributed by atoms with Crippen molar-refractivity contribution in [2.45, 2.75) is 52.0 Å². The van der Waals surface area contributed by atoms with E-state index in [1.807, 2.05) is 17.6 Å². The number of aryl methyl sites for hydroxylation is 1. The van der Waals surface area contributed by atoms with Gasteiger partial charge in [-0.05, 0) is 31.2 Å². The molecule has 1 heterocycles. The van der Waals surface area contributed by atoms with Crippen LogP contribution in [0.25, 0.3) is 0 Å². The van der Waals surface area contributed by atoms with Crippen LogP contribution >= 0.6 is 0 Å². The van der Waals surface area contributed by atoms with E-state index in [-0.39, 0.29) is 11.3 Å². The minimum atomic E-state index is 0.0783. The minimum absolute atomic E-state index is 0.0783. The van der Waals surface area contributed by atoms with Crippen molar-refractivity contribution in [3.05, 3.63) is 33.7 Å². The summed E-state index contributed by atoms with van der Waals surface area (Å²) < 4.78 is 1.87. The number of ketones is 1. The molecule has 3 heteroatoms. The highest BCUT2D eigenvalue weighted by Crippen LogP contribution is 2.20. The van der Waals surface area contributed by atoms with Crippen LogP contribution in [0.3, 0.4) is 0 Å². The SMILES string of the molecule is CCC(=O)CCCn1c2c(ccc1=O)CCC2. The molecule has 0 radical (unpaired) electrons. The lowest BCUT2D eigenvalue weighted by molar-refractivity contribution is -0.118. The van der Waals surface area contributed by atoms with E-state index in [1.54, 1.807) is 6.07 Å². The lowest BCUT2D eigenvalue weighted by Crippen LogP contribution is -2.23.